The maximum atomic E-state index is 11.0. The average Bonchev–Trinajstić information content (AvgIpc) is 2.63. The fourth-order valence-corrected chi connectivity index (χ4v) is 2.10. The molecule has 2 rings (SSSR count). The van der Waals surface area contributed by atoms with Gasteiger partial charge in [0.2, 0.25) is 0 Å². The third kappa shape index (κ3) is 2.66. The van der Waals surface area contributed by atoms with Gasteiger partial charge in [-0.3, -0.25) is 4.79 Å². The minimum absolute atomic E-state index is 0.138. The highest BCUT2D eigenvalue weighted by atomic mass is 35.5. The summed E-state index contributed by atoms with van der Waals surface area (Å²) < 4.78 is 0. The van der Waals surface area contributed by atoms with E-state index in [0.29, 0.717) is 10.2 Å². The number of amides is 1. The predicted octanol–water partition coefficient (Wildman–Crippen LogP) is 2.22. The Morgan fingerprint density at radius 1 is 1.35 bits per heavy atom. The third-order valence-corrected chi connectivity index (χ3v) is 3.23. The molecule has 1 amide bonds. The van der Waals surface area contributed by atoms with E-state index in [1.165, 1.54) is 0 Å². The summed E-state index contributed by atoms with van der Waals surface area (Å²) in [6.45, 7) is 0. The summed E-state index contributed by atoms with van der Waals surface area (Å²) in [7, 11) is 0. The van der Waals surface area contributed by atoms with Crippen molar-refractivity contribution in [1.82, 2.24) is 4.98 Å². The van der Waals surface area contributed by atoms with Gasteiger partial charge in [-0.2, -0.15) is 0 Å². The second kappa shape index (κ2) is 4.60. The number of hydrogen-bond acceptors (Lipinski definition) is 5. The molecule has 0 aliphatic heterocycles. The number of nitrogens with two attached hydrogens (primary N) is 2. The molecule has 0 saturated carbocycles. The Labute approximate surface area is 106 Å². The van der Waals surface area contributed by atoms with E-state index in [-0.39, 0.29) is 10.7 Å². The summed E-state index contributed by atoms with van der Waals surface area (Å²) >= 11 is 6.88. The van der Waals surface area contributed by atoms with E-state index in [2.05, 4.69) is 10.3 Å². The summed E-state index contributed by atoms with van der Waals surface area (Å²) in [5, 5.41) is 4.17. The monoisotopic (exact) mass is 268 g/mol. The van der Waals surface area contributed by atoms with Gasteiger partial charge in [-0.25, -0.2) is 4.98 Å². The fraction of sp³-hybridized carbons (Fsp3) is 0. The normalized spacial score (nSPS) is 10.2. The summed E-state index contributed by atoms with van der Waals surface area (Å²) in [6.07, 6.45) is 0. The number of nitrogens with one attached hydrogen (secondary N) is 1. The highest BCUT2D eigenvalue weighted by molar-refractivity contribution is 7.18. The van der Waals surface area contributed by atoms with Crippen LogP contribution in [0.15, 0.2) is 24.3 Å². The van der Waals surface area contributed by atoms with Crippen LogP contribution in [0.1, 0.15) is 9.67 Å². The van der Waals surface area contributed by atoms with Crippen LogP contribution in [0.5, 0.6) is 0 Å². The van der Waals surface area contributed by atoms with E-state index in [0.717, 1.165) is 17.0 Å². The molecule has 0 radical (unpaired) electrons. The molecule has 88 valence electrons. The highest BCUT2D eigenvalue weighted by Crippen LogP contribution is 2.27. The number of thiazole rings is 1. The van der Waals surface area contributed by atoms with Gasteiger partial charge in [0, 0.05) is 10.7 Å². The van der Waals surface area contributed by atoms with Gasteiger partial charge in [-0.15, -0.1) is 0 Å². The molecule has 0 saturated heterocycles. The van der Waals surface area contributed by atoms with Crippen LogP contribution >= 0.6 is 22.9 Å². The van der Waals surface area contributed by atoms with Crippen LogP contribution in [-0.4, -0.2) is 10.9 Å². The number of aromatic nitrogens is 1. The van der Waals surface area contributed by atoms with E-state index in [1.54, 1.807) is 24.3 Å². The molecule has 0 spiro atoms. The summed E-state index contributed by atoms with van der Waals surface area (Å²) in [5.41, 5.74) is 11.5. The van der Waals surface area contributed by atoms with Gasteiger partial charge in [-0.05, 0) is 24.3 Å². The second-order valence-corrected chi connectivity index (χ2v) is 4.67. The average molecular weight is 269 g/mol. The van der Waals surface area contributed by atoms with Gasteiger partial charge in [0.15, 0.2) is 5.13 Å². The lowest BCUT2D eigenvalue weighted by molar-refractivity contribution is 0.100. The first-order valence-electron chi connectivity index (χ1n) is 4.65. The molecule has 17 heavy (non-hydrogen) atoms. The number of hydrogen-bond donors (Lipinski definition) is 3. The van der Waals surface area contributed by atoms with Crippen LogP contribution in [0, 0.1) is 0 Å². The lowest BCUT2D eigenvalue weighted by atomic mass is 10.3. The molecule has 5 N–H and O–H groups in total. The van der Waals surface area contributed by atoms with E-state index in [9.17, 15) is 4.79 Å². The lowest BCUT2D eigenvalue weighted by Crippen LogP contribution is -2.10. The van der Waals surface area contributed by atoms with Gasteiger partial charge in [0.25, 0.3) is 5.91 Å². The zero-order valence-electron chi connectivity index (χ0n) is 8.61. The number of nitrogens with zero attached hydrogens (tertiary/aromatic N) is 1. The molecule has 0 fully saturated rings. The zero-order chi connectivity index (χ0) is 12.4. The minimum atomic E-state index is -0.579. The SMILES string of the molecule is NC(=O)c1sc(Nc2ccc(Cl)cc2)nc1N. The number of primary amides is 1. The smallest absolute Gasteiger partial charge is 0.262 e. The molecule has 0 unspecified atom stereocenters. The standard InChI is InChI=1S/C10H9ClN4OS/c11-5-1-3-6(4-2-5)14-10-15-8(12)7(17-10)9(13)16/h1-4H,12H2,(H2,13,16)(H,14,15). The first-order valence-corrected chi connectivity index (χ1v) is 5.84. The summed E-state index contributed by atoms with van der Waals surface area (Å²) in [6, 6.07) is 7.08. The van der Waals surface area contributed by atoms with Crippen LogP contribution in [0.3, 0.4) is 0 Å². The van der Waals surface area contributed by atoms with E-state index < -0.39 is 5.91 Å². The van der Waals surface area contributed by atoms with Crippen molar-refractivity contribution in [2.24, 2.45) is 5.73 Å². The van der Waals surface area contributed by atoms with Crippen molar-refractivity contribution in [1.29, 1.82) is 0 Å². The quantitative estimate of drug-likeness (QED) is 0.795. The highest BCUT2D eigenvalue weighted by Gasteiger charge is 2.12. The Balaban J connectivity index is 2.22. The maximum absolute atomic E-state index is 11.0. The molecule has 1 heterocycles. The predicted molar refractivity (Wildman–Crippen MR) is 69.8 cm³/mol. The molecule has 1 aromatic heterocycles. The number of halogens is 1. The van der Waals surface area contributed by atoms with Crippen LogP contribution in [0.2, 0.25) is 5.02 Å². The number of carbonyl (C=O) groups is 1. The summed E-state index contributed by atoms with van der Waals surface area (Å²) in [5.74, 6) is -0.442. The lowest BCUT2D eigenvalue weighted by Gasteiger charge is -2.01. The number of benzene rings is 1. The van der Waals surface area contributed by atoms with E-state index >= 15 is 0 Å². The first kappa shape index (κ1) is 11.7. The molecule has 0 aliphatic carbocycles. The molecule has 0 aliphatic rings. The molecule has 7 heteroatoms. The molecule has 0 bridgehead atoms. The Hall–Kier alpha value is -1.79. The van der Waals surface area contributed by atoms with Gasteiger partial charge < -0.3 is 16.8 Å². The van der Waals surface area contributed by atoms with Crippen molar-refractivity contribution in [3.63, 3.8) is 0 Å². The third-order valence-electron chi connectivity index (χ3n) is 1.97. The minimum Gasteiger partial charge on any atom is -0.382 e. The Morgan fingerprint density at radius 2 is 2.00 bits per heavy atom. The van der Waals surface area contributed by atoms with Gasteiger partial charge in [0.05, 0.1) is 0 Å². The number of carbonyl (C=O) groups excluding carboxylic acids is 1. The first-order chi connectivity index (χ1) is 8.06. The van der Waals surface area contributed by atoms with Crippen LogP contribution < -0.4 is 16.8 Å². The van der Waals surface area contributed by atoms with Crippen LogP contribution in [0.4, 0.5) is 16.6 Å². The number of nitrogen functional groups attached to an aromatic ring is 1. The maximum Gasteiger partial charge on any atom is 0.262 e. The van der Waals surface area contributed by atoms with Crippen LogP contribution in [-0.2, 0) is 0 Å². The van der Waals surface area contributed by atoms with Gasteiger partial charge in [0.1, 0.15) is 10.7 Å². The molecule has 2 aromatic rings. The topological polar surface area (TPSA) is 94.0 Å². The van der Waals surface area contributed by atoms with Crippen molar-refractivity contribution < 1.29 is 4.79 Å². The van der Waals surface area contributed by atoms with Gasteiger partial charge >= 0.3 is 0 Å². The summed E-state index contributed by atoms with van der Waals surface area (Å²) in [4.78, 5) is 15.3. The molecule has 5 nitrogen and oxygen atoms in total. The molecular formula is C10H9ClN4OS. The van der Waals surface area contributed by atoms with E-state index in [1.807, 2.05) is 0 Å². The fourth-order valence-electron chi connectivity index (χ4n) is 1.22. The van der Waals surface area contributed by atoms with Gasteiger partial charge in [-0.1, -0.05) is 22.9 Å². The zero-order valence-corrected chi connectivity index (χ0v) is 10.2. The Bertz CT molecular complexity index is 552. The Kier molecular flexibility index (Phi) is 3.16. The largest absolute Gasteiger partial charge is 0.382 e. The van der Waals surface area contributed by atoms with Crippen molar-refractivity contribution in [3.05, 3.63) is 34.2 Å². The molecular weight excluding hydrogens is 260 g/mol. The molecule has 0 atom stereocenters. The Morgan fingerprint density at radius 3 is 2.53 bits per heavy atom. The van der Waals surface area contributed by atoms with Crippen molar-refractivity contribution >= 4 is 45.5 Å². The van der Waals surface area contributed by atoms with E-state index in [4.69, 9.17) is 23.1 Å². The van der Waals surface area contributed by atoms with Crippen molar-refractivity contribution in [3.8, 4) is 0 Å². The van der Waals surface area contributed by atoms with Crippen molar-refractivity contribution in [2.75, 3.05) is 11.1 Å². The van der Waals surface area contributed by atoms with Crippen molar-refractivity contribution in [2.45, 2.75) is 0 Å². The second-order valence-electron chi connectivity index (χ2n) is 3.23. The van der Waals surface area contributed by atoms with Crippen LogP contribution in [0.25, 0.3) is 0 Å². The number of anilines is 3. The number of rotatable bonds is 3. The molecule has 1 aromatic carbocycles.